The van der Waals surface area contributed by atoms with Crippen molar-refractivity contribution in [1.29, 1.82) is 0 Å². The summed E-state index contributed by atoms with van der Waals surface area (Å²) in [6.45, 7) is 7.26. The van der Waals surface area contributed by atoms with Gasteiger partial charge in [-0.15, -0.1) is 0 Å². The highest BCUT2D eigenvalue weighted by atomic mass is 16.7. The van der Waals surface area contributed by atoms with Crippen LogP contribution in [0.25, 0.3) is 0 Å². The largest absolute Gasteiger partial charge is 0.349 e. The first-order valence-corrected chi connectivity index (χ1v) is 5.60. The van der Waals surface area contributed by atoms with Crippen molar-refractivity contribution in [2.75, 3.05) is 13.2 Å². The summed E-state index contributed by atoms with van der Waals surface area (Å²) in [6.07, 6.45) is 3.58. The minimum atomic E-state index is -0.452. The van der Waals surface area contributed by atoms with Crippen molar-refractivity contribution in [3.63, 3.8) is 0 Å². The van der Waals surface area contributed by atoms with Crippen LogP contribution in [0.1, 0.15) is 32.6 Å². The van der Waals surface area contributed by atoms with Crippen molar-refractivity contribution in [2.24, 2.45) is 0 Å². The second-order valence-corrected chi connectivity index (χ2v) is 4.58. The summed E-state index contributed by atoms with van der Waals surface area (Å²) in [5, 5.41) is 3.42. The molecule has 1 unspecified atom stereocenters. The topological polar surface area (TPSA) is 59.2 Å². The van der Waals surface area contributed by atoms with Gasteiger partial charge in [-0.2, -0.15) is 0 Å². The molecule has 0 bridgehead atoms. The number of nitrogens with zero attached hydrogens (tertiary/aromatic N) is 1. The fourth-order valence-electron chi connectivity index (χ4n) is 1.74. The molecule has 5 nitrogen and oxygen atoms in total. The van der Waals surface area contributed by atoms with E-state index in [4.69, 9.17) is 9.47 Å². The first-order valence-electron chi connectivity index (χ1n) is 5.60. The van der Waals surface area contributed by atoms with Crippen LogP contribution in [-0.2, 0) is 9.47 Å². The monoisotopic (exact) mass is 225 g/mol. The minimum absolute atomic E-state index is 0.174. The maximum Gasteiger partial charge on any atom is 0.162 e. The lowest BCUT2D eigenvalue weighted by atomic mass is 10.2. The third-order valence-electron chi connectivity index (χ3n) is 2.68. The lowest BCUT2D eigenvalue weighted by molar-refractivity contribution is -0.253. The Morgan fingerprint density at radius 3 is 2.75 bits per heavy atom. The third kappa shape index (κ3) is 2.81. The summed E-state index contributed by atoms with van der Waals surface area (Å²) < 4.78 is 11.2. The maximum atomic E-state index is 5.58. The van der Waals surface area contributed by atoms with Crippen LogP contribution in [0.3, 0.4) is 0 Å². The van der Waals surface area contributed by atoms with Gasteiger partial charge in [-0.1, -0.05) is 0 Å². The van der Waals surface area contributed by atoms with Gasteiger partial charge in [0.05, 0.1) is 25.3 Å². The molecule has 0 radical (unpaired) electrons. The number of H-pyrrole nitrogens is 1. The standard InChI is InChI=1S/C11H19N3O2/c1-8(10-12-4-5-13-10)14-9-6-15-11(2,3)16-7-9/h4-5,8-9,14H,6-7H2,1-3H3,(H,12,13). The van der Waals surface area contributed by atoms with E-state index in [0.717, 1.165) is 5.82 Å². The molecule has 1 aliphatic heterocycles. The molecular weight excluding hydrogens is 206 g/mol. The second-order valence-electron chi connectivity index (χ2n) is 4.58. The molecule has 1 aromatic heterocycles. The molecule has 2 heterocycles. The lowest BCUT2D eigenvalue weighted by Crippen LogP contribution is -2.49. The Morgan fingerprint density at radius 2 is 2.19 bits per heavy atom. The van der Waals surface area contributed by atoms with Gasteiger partial charge < -0.3 is 19.8 Å². The molecule has 1 atom stereocenters. The summed E-state index contributed by atoms with van der Waals surface area (Å²) in [7, 11) is 0. The van der Waals surface area contributed by atoms with E-state index >= 15 is 0 Å². The van der Waals surface area contributed by atoms with Gasteiger partial charge in [-0.05, 0) is 20.8 Å². The fraction of sp³-hybridized carbons (Fsp3) is 0.727. The maximum absolute atomic E-state index is 5.58. The number of aromatic amines is 1. The summed E-state index contributed by atoms with van der Waals surface area (Å²) in [5.41, 5.74) is 0. The number of rotatable bonds is 3. The highest BCUT2D eigenvalue weighted by molar-refractivity contribution is 4.94. The number of nitrogens with one attached hydrogen (secondary N) is 2. The molecule has 2 N–H and O–H groups in total. The first kappa shape index (κ1) is 11.6. The van der Waals surface area contributed by atoms with Crippen LogP contribution in [0.4, 0.5) is 0 Å². The zero-order chi connectivity index (χ0) is 11.6. The molecule has 1 fully saturated rings. The van der Waals surface area contributed by atoms with Crippen LogP contribution in [0.2, 0.25) is 0 Å². The average Bonchev–Trinajstić information content (AvgIpc) is 2.74. The van der Waals surface area contributed by atoms with Crippen molar-refractivity contribution < 1.29 is 9.47 Å². The molecule has 0 saturated carbocycles. The van der Waals surface area contributed by atoms with E-state index in [2.05, 4.69) is 22.2 Å². The summed E-state index contributed by atoms with van der Waals surface area (Å²) in [4.78, 5) is 7.30. The Morgan fingerprint density at radius 1 is 1.50 bits per heavy atom. The highest BCUT2D eigenvalue weighted by Crippen LogP contribution is 2.18. The Hall–Kier alpha value is -0.910. The first-order chi connectivity index (χ1) is 7.57. The molecule has 0 spiro atoms. The van der Waals surface area contributed by atoms with Gasteiger partial charge in [0, 0.05) is 12.4 Å². The summed E-state index contributed by atoms with van der Waals surface area (Å²) in [6, 6.07) is 0.390. The van der Waals surface area contributed by atoms with E-state index in [-0.39, 0.29) is 12.1 Å². The fourth-order valence-corrected chi connectivity index (χ4v) is 1.74. The van der Waals surface area contributed by atoms with Gasteiger partial charge in [0.25, 0.3) is 0 Å². The van der Waals surface area contributed by atoms with Crippen LogP contribution in [0.15, 0.2) is 12.4 Å². The van der Waals surface area contributed by atoms with E-state index in [1.165, 1.54) is 0 Å². The third-order valence-corrected chi connectivity index (χ3v) is 2.68. The van der Waals surface area contributed by atoms with Gasteiger partial charge in [0.1, 0.15) is 5.82 Å². The van der Waals surface area contributed by atoms with Gasteiger partial charge in [0.2, 0.25) is 0 Å². The number of ether oxygens (including phenoxy) is 2. The van der Waals surface area contributed by atoms with Crippen molar-refractivity contribution in [1.82, 2.24) is 15.3 Å². The average molecular weight is 225 g/mol. The molecule has 1 aliphatic rings. The van der Waals surface area contributed by atoms with Gasteiger partial charge in [-0.25, -0.2) is 4.98 Å². The molecule has 0 aromatic carbocycles. The van der Waals surface area contributed by atoms with E-state index in [9.17, 15) is 0 Å². The van der Waals surface area contributed by atoms with Crippen molar-refractivity contribution >= 4 is 0 Å². The molecule has 0 aliphatic carbocycles. The molecule has 16 heavy (non-hydrogen) atoms. The quantitative estimate of drug-likeness (QED) is 0.812. The predicted octanol–water partition coefficient (Wildman–Crippen LogP) is 1.21. The zero-order valence-electron chi connectivity index (χ0n) is 9.99. The van der Waals surface area contributed by atoms with Crippen LogP contribution in [-0.4, -0.2) is 35.0 Å². The number of imidazole rings is 1. The highest BCUT2D eigenvalue weighted by Gasteiger charge is 2.29. The molecule has 90 valence electrons. The second kappa shape index (κ2) is 4.53. The predicted molar refractivity (Wildman–Crippen MR) is 59.9 cm³/mol. The van der Waals surface area contributed by atoms with Crippen molar-refractivity contribution in [2.45, 2.75) is 38.6 Å². The van der Waals surface area contributed by atoms with Gasteiger partial charge in [-0.3, -0.25) is 0 Å². The Bertz CT molecular complexity index is 314. The molecule has 2 rings (SSSR count). The normalized spacial score (nSPS) is 23.2. The Kier molecular flexibility index (Phi) is 3.28. The molecule has 1 saturated heterocycles. The van der Waals surface area contributed by atoms with Crippen molar-refractivity contribution in [3.8, 4) is 0 Å². The summed E-state index contributed by atoms with van der Waals surface area (Å²) in [5.74, 6) is 0.483. The van der Waals surface area contributed by atoms with E-state index in [0.29, 0.717) is 13.2 Å². The Labute approximate surface area is 95.6 Å². The van der Waals surface area contributed by atoms with E-state index in [1.54, 1.807) is 6.20 Å². The van der Waals surface area contributed by atoms with Gasteiger partial charge in [0.15, 0.2) is 5.79 Å². The van der Waals surface area contributed by atoms with Crippen LogP contribution >= 0.6 is 0 Å². The van der Waals surface area contributed by atoms with Crippen LogP contribution in [0.5, 0.6) is 0 Å². The zero-order valence-corrected chi connectivity index (χ0v) is 9.99. The van der Waals surface area contributed by atoms with Gasteiger partial charge >= 0.3 is 0 Å². The van der Waals surface area contributed by atoms with Crippen LogP contribution < -0.4 is 5.32 Å². The number of hydrogen-bond donors (Lipinski definition) is 2. The molecular formula is C11H19N3O2. The van der Waals surface area contributed by atoms with Crippen molar-refractivity contribution in [3.05, 3.63) is 18.2 Å². The smallest absolute Gasteiger partial charge is 0.162 e. The minimum Gasteiger partial charge on any atom is -0.349 e. The van der Waals surface area contributed by atoms with Crippen LogP contribution in [0, 0.1) is 0 Å². The number of aromatic nitrogens is 2. The lowest BCUT2D eigenvalue weighted by Gasteiger charge is -2.36. The molecule has 5 heteroatoms. The SMILES string of the molecule is CC(NC1COC(C)(C)OC1)c1ncc[nH]1. The number of hydrogen-bond acceptors (Lipinski definition) is 4. The molecule has 0 amide bonds. The van der Waals surface area contributed by atoms with E-state index < -0.39 is 5.79 Å². The Balaban J connectivity index is 1.83. The van der Waals surface area contributed by atoms with E-state index in [1.807, 2.05) is 20.0 Å². The summed E-state index contributed by atoms with van der Waals surface area (Å²) >= 11 is 0. The molecule has 1 aromatic rings.